The summed E-state index contributed by atoms with van der Waals surface area (Å²) < 4.78 is 0. The molecule has 2 rings (SSSR count). The molecular weight excluding hydrogens is 367 g/mol. The van der Waals surface area contributed by atoms with Crippen molar-refractivity contribution in [1.82, 2.24) is 5.32 Å². The molecule has 2 aromatic rings. The van der Waals surface area contributed by atoms with Gasteiger partial charge in [-0.25, -0.2) is 4.79 Å². The van der Waals surface area contributed by atoms with E-state index in [9.17, 15) is 19.5 Å². The summed E-state index contributed by atoms with van der Waals surface area (Å²) in [6.07, 6.45) is 0.0161. The highest BCUT2D eigenvalue weighted by molar-refractivity contribution is 6.39. The molecule has 8 heteroatoms. The zero-order valence-electron chi connectivity index (χ0n) is 12.8. The van der Waals surface area contributed by atoms with Crippen molar-refractivity contribution >= 4 is 41.0 Å². The number of halogens is 2. The molecule has 130 valence electrons. The Morgan fingerprint density at radius 2 is 1.60 bits per heavy atom. The van der Waals surface area contributed by atoms with Crippen molar-refractivity contribution in [2.45, 2.75) is 12.5 Å². The second-order valence-corrected chi connectivity index (χ2v) is 6.04. The molecule has 2 aromatic carbocycles. The van der Waals surface area contributed by atoms with Crippen molar-refractivity contribution in [3.8, 4) is 0 Å². The molecule has 0 aliphatic carbocycles. The minimum atomic E-state index is -1.21. The average molecular weight is 381 g/mol. The summed E-state index contributed by atoms with van der Waals surface area (Å²) in [5.74, 6) is -2.48. The maximum atomic E-state index is 12.3. The number of amides is 2. The Morgan fingerprint density at radius 3 is 2.08 bits per heavy atom. The SMILES string of the molecule is NC(=O)c1ccc(CC(NC(=O)c2c(Cl)cccc2Cl)C(=O)O)cc1. The summed E-state index contributed by atoms with van der Waals surface area (Å²) in [6, 6.07) is 9.49. The van der Waals surface area contributed by atoms with Crippen molar-refractivity contribution in [2.75, 3.05) is 0 Å². The zero-order valence-corrected chi connectivity index (χ0v) is 14.3. The van der Waals surface area contributed by atoms with E-state index in [2.05, 4.69) is 5.32 Å². The van der Waals surface area contributed by atoms with Gasteiger partial charge in [0.2, 0.25) is 5.91 Å². The number of hydrogen-bond acceptors (Lipinski definition) is 3. The van der Waals surface area contributed by atoms with Gasteiger partial charge in [0, 0.05) is 12.0 Å². The molecule has 0 bridgehead atoms. The highest BCUT2D eigenvalue weighted by Crippen LogP contribution is 2.24. The maximum absolute atomic E-state index is 12.3. The van der Waals surface area contributed by atoms with Gasteiger partial charge in [0.1, 0.15) is 6.04 Å². The van der Waals surface area contributed by atoms with Gasteiger partial charge >= 0.3 is 5.97 Å². The standard InChI is InChI=1S/C17H14Cl2N2O4/c18-11-2-1-3-12(19)14(11)16(23)21-13(17(24)25)8-9-4-6-10(7-5-9)15(20)22/h1-7,13H,8H2,(H2,20,22)(H,21,23)(H,24,25). The number of nitrogens with one attached hydrogen (secondary N) is 1. The zero-order chi connectivity index (χ0) is 18.6. The molecule has 0 saturated carbocycles. The van der Waals surface area contributed by atoms with Crippen molar-refractivity contribution in [1.29, 1.82) is 0 Å². The Kier molecular flexibility index (Phi) is 6.01. The molecule has 0 aromatic heterocycles. The summed E-state index contributed by atoms with van der Waals surface area (Å²) in [6.45, 7) is 0. The first-order valence-corrected chi connectivity index (χ1v) is 7.91. The van der Waals surface area contributed by atoms with Crippen LogP contribution in [0.15, 0.2) is 42.5 Å². The second-order valence-electron chi connectivity index (χ2n) is 5.23. The number of aliphatic carboxylic acids is 1. The molecule has 0 radical (unpaired) electrons. The van der Waals surface area contributed by atoms with Crippen LogP contribution in [0, 0.1) is 0 Å². The molecule has 2 amide bonds. The minimum absolute atomic E-state index is 0.0150. The van der Waals surface area contributed by atoms with Crippen LogP contribution >= 0.6 is 23.2 Å². The molecule has 6 nitrogen and oxygen atoms in total. The van der Waals surface area contributed by atoms with Crippen LogP contribution < -0.4 is 11.1 Å². The van der Waals surface area contributed by atoms with E-state index in [1.165, 1.54) is 24.3 Å². The number of primary amides is 1. The number of hydrogen-bond donors (Lipinski definition) is 3. The number of carboxylic acids is 1. The highest BCUT2D eigenvalue weighted by Gasteiger charge is 2.23. The van der Waals surface area contributed by atoms with Crippen LogP contribution in [-0.4, -0.2) is 28.9 Å². The molecule has 1 unspecified atom stereocenters. The van der Waals surface area contributed by atoms with E-state index < -0.39 is 23.8 Å². The van der Waals surface area contributed by atoms with Gasteiger partial charge in [-0.3, -0.25) is 9.59 Å². The van der Waals surface area contributed by atoms with Crippen molar-refractivity contribution in [3.05, 3.63) is 69.2 Å². The predicted octanol–water partition coefficient (Wildman–Crippen LogP) is 2.52. The first kappa shape index (κ1) is 18.8. The average Bonchev–Trinajstić information content (AvgIpc) is 2.54. The number of carbonyl (C=O) groups excluding carboxylic acids is 2. The Bertz CT molecular complexity index is 802. The maximum Gasteiger partial charge on any atom is 0.326 e. The number of benzene rings is 2. The largest absolute Gasteiger partial charge is 0.480 e. The first-order chi connectivity index (χ1) is 11.8. The molecule has 0 fully saturated rings. The Morgan fingerprint density at radius 1 is 1.04 bits per heavy atom. The van der Waals surface area contributed by atoms with Crippen LogP contribution in [-0.2, 0) is 11.2 Å². The molecule has 0 aliphatic heterocycles. The van der Waals surface area contributed by atoms with E-state index in [1.54, 1.807) is 18.2 Å². The van der Waals surface area contributed by atoms with Crippen LogP contribution in [0.1, 0.15) is 26.3 Å². The van der Waals surface area contributed by atoms with Gasteiger partial charge in [0.25, 0.3) is 5.91 Å². The summed E-state index contributed by atoms with van der Waals surface area (Å²) in [7, 11) is 0. The van der Waals surface area contributed by atoms with Gasteiger partial charge in [0.15, 0.2) is 0 Å². The topological polar surface area (TPSA) is 109 Å². The van der Waals surface area contributed by atoms with Gasteiger partial charge < -0.3 is 16.2 Å². The van der Waals surface area contributed by atoms with Crippen LogP contribution in [0.3, 0.4) is 0 Å². The summed E-state index contributed by atoms with van der Waals surface area (Å²) >= 11 is 11.9. The monoisotopic (exact) mass is 380 g/mol. The van der Waals surface area contributed by atoms with E-state index in [-0.39, 0.29) is 22.0 Å². The number of carboxylic acid groups (broad SMARTS) is 1. The van der Waals surface area contributed by atoms with Crippen LogP contribution in [0.5, 0.6) is 0 Å². The summed E-state index contributed by atoms with van der Waals surface area (Å²) in [4.78, 5) is 34.8. The first-order valence-electron chi connectivity index (χ1n) is 7.16. The lowest BCUT2D eigenvalue weighted by Crippen LogP contribution is -2.42. The second kappa shape index (κ2) is 8.00. The van der Waals surface area contributed by atoms with E-state index in [4.69, 9.17) is 28.9 Å². The predicted molar refractivity (Wildman–Crippen MR) is 94.0 cm³/mol. The lowest BCUT2D eigenvalue weighted by atomic mass is 10.0. The van der Waals surface area contributed by atoms with Gasteiger partial charge in [-0.1, -0.05) is 41.4 Å². The summed E-state index contributed by atoms with van der Waals surface area (Å²) in [5.41, 5.74) is 6.09. The molecule has 0 heterocycles. The Hall–Kier alpha value is -2.57. The smallest absolute Gasteiger partial charge is 0.326 e. The fraction of sp³-hybridized carbons (Fsp3) is 0.118. The van der Waals surface area contributed by atoms with Crippen molar-refractivity contribution in [3.63, 3.8) is 0 Å². The number of rotatable bonds is 6. The van der Waals surface area contributed by atoms with Crippen LogP contribution in [0.4, 0.5) is 0 Å². The molecular formula is C17H14Cl2N2O4. The molecule has 4 N–H and O–H groups in total. The quantitative estimate of drug-likeness (QED) is 0.714. The molecule has 0 saturated heterocycles. The highest BCUT2D eigenvalue weighted by atomic mass is 35.5. The number of nitrogens with two attached hydrogens (primary N) is 1. The lowest BCUT2D eigenvalue weighted by molar-refractivity contribution is -0.139. The van der Waals surface area contributed by atoms with Crippen molar-refractivity contribution in [2.24, 2.45) is 5.73 Å². The Balaban J connectivity index is 2.17. The van der Waals surface area contributed by atoms with E-state index in [1.807, 2.05) is 0 Å². The van der Waals surface area contributed by atoms with Gasteiger partial charge in [-0.2, -0.15) is 0 Å². The summed E-state index contributed by atoms with van der Waals surface area (Å²) in [5, 5.41) is 12.0. The number of carbonyl (C=O) groups is 3. The van der Waals surface area contributed by atoms with Crippen molar-refractivity contribution < 1.29 is 19.5 Å². The third kappa shape index (κ3) is 4.71. The molecule has 0 spiro atoms. The molecule has 25 heavy (non-hydrogen) atoms. The van der Waals surface area contributed by atoms with Gasteiger partial charge in [-0.15, -0.1) is 0 Å². The van der Waals surface area contributed by atoms with E-state index in [0.29, 0.717) is 11.1 Å². The minimum Gasteiger partial charge on any atom is -0.480 e. The Labute approximate surface area is 153 Å². The van der Waals surface area contributed by atoms with Gasteiger partial charge in [0.05, 0.1) is 15.6 Å². The third-order valence-electron chi connectivity index (χ3n) is 3.47. The molecule has 0 aliphatic rings. The van der Waals surface area contributed by atoms with E-state index >= 15 is 0 Å². The fourth-order valence-electron chi connectivity index (χ4n) is 2.19. The van der Waals surface area contributed by atoms with Crippen LogP contribution in [0.25, 0.3) is 0 Å². The normalized spacial score (nSPS) is 11.6. The van der Waals surface area contributed by atoms with E-state index in [0.717, 1.165) is 0 Å². The van der Waals surface area contributed by atoms with Crippen LogP contribution in [0.2, 0.25) is 10.0 Å². The third-order valence-corrected chi connectivity index (χ3v) is 4.10. The lowest BCUT2D eigenvalue weighted by Gasteiger charge is -2.16. The van der Waals surface area contributed by atoms with Gasteiger partial charge in [-0.05, 0) is 29.8 Å². The molecule has 1 atom stereocenters. The fourth-order valence-corrected chi connectivity index (χ4v) is 2.76.